The van der Waals surface area contributed by atoms with Gasteiger partial charge in [-0.25, -0.2) is 0 Å². The fourth-order valence-corrected chi connectivity index (χ4v) is 2.40. The Morgan fingerprint density at radius 2 is 2.09 bits per heavy atom. The van der Waals surface area contributed by atoms with Crippen molar-refractivity contribution in [3.8, 4) is 5.75 Å². The summed E-state index contributed by atoms with van der Waals surface area (Å²) < 4.78 is 5.19. The van der Waals surface area contributed by atoms with Crippen LogP contribution in [0.4, 0.5) is 11.4 Å². The van der Waals surface area contributed by atoms with E-state index in [9.17, 15) is 9.59 Å². The van der Waals surface area contributed by atoms with Gasteiger partial charge in [-0.05, 0) is 31.5 Å². The zero-order chi connectivity index (χ0) is 15.9. The van der Waals surface area contributed by atoms with E-state index in [2.05, 4.69) is 16.0 Å². The van der Waals surface area contributed by atoms with Gasteiger partial charge < -0.3 is 20.7 Å². The molecule has 120 valence electrons. The zero-order valence-electron chi connectivity index (χ0n) is 13.1. The van der Waals surface area contributed by atoms with Crippen LogP contribution in [0, 0.1) is 0 Å². The quantitative estimate of drug-likeness (QED) is 0.778. The number of nitrogens with one attached hydrogen (secondary N) is 3. The van der Waals surface area contributed by atoms with Crippen LogP contribution >= 0.6 is 0 Å². The van der Waals surface area contributed by atoms with E-state index >= 15 is 0 Å². The molecule has 1 aliphatic rings. The number of ether oxygens (including phenoxy) is 1. The van der Waals surface area contributed by atoms with Crippen molar-refractivity contribution < 1.29 is 14.3 Å². The van der Waals surface area contributed by atoms with Crippen LogP contribution in [-0.4, -0.2) is 31.5 Å². The fraction of sp³-hybridized carbons (Fsp3) is 0.500. The molecule has 1 aliphatic heterocycles. The second kappa shape index (κ2) is 7.79. The maximum atomic E-state index is 12.3. The Hall–Kier alpha value is -2.08. The lowest BCUT2D eigenvalue weighted by Crippen LogP contribution is -2.43. The topological polar surface area (TPSA) is 79.5 Å². The van der Waals surface area contributed by atoms with Crippen LogP contribution in [-0.2, 0) is 9.59 Å². The van der Waals surface area contributed by atoms with Gasteiger partial charge in [0.2, 0.25) is 11.8 Å². The van der Waals surface area contributed by atoms with Crippen molar-refractivity contribution in [2.24, 2.45) is 0 Å². The summed E-state index contributed by atoms with van der Waals surface area (Å²) in [4.78, 5) is 24.0. The number of carbonyl (C=O) groups excluding carboxylic acids is 2. The number of rotatable bonds is 5. The summed E-state index contributed by atoms with van der Waals surface area (Å²) in [6.07, 6.45) is 3.35. The average Bonchev–Trinajstić information content (AvgIpc) is 2.56. The van der Waals surface area contributed by atoms with E-state index in [1.54, 1.807) is 32.2 Å². The van der Waals surface area contributed by atoms with Crippen LogP contribution in [0.25, 0.3) is 0 Å². The van der Waals surface area contributed by atoms with E-state index in [4.69, 9.17) is 4.74 Å². The van der Waals surface area contributed by atoms with Crippen molar-refractivity contribution in [3.63, 3.8) is 0 Å². The van der Waals surface area contributed by atoms with Crippen LogP contribution in [0.5, 0.6) is 5.75 Å². The Balaban J connectivity index is 2.15. The third kappa shape index (κ3) is 4.21. The predicted molar refractivity (Wildman–Crippen MR) is 86.2 cm³/mol. The molecule has 1 aromatic rings. The third-order valence-corrected chi connectivity index (χ3v) is 3.71. The van der Waals surface area contributed by atoms with Gasteiger partial charge >= 0.3 is 0 Å². The highest BCUT2D eigenvalue weighted by Gasteiger charge is 2.21. The summed E-state index contributed by atoms with van der Waals surface area (Å²) in [5.41, 5.74) is 1.13. The Labute approximate surface area is 130 Å². The second-order valence-electron chi connectivity index (χ2n) is 5.30. The van der Waals surface area contributed by atoms with E-state index in [1.165, 1.54) is 0 Å². The summed E-state index contributed by atoms with van der Waals surface area (Å²) >= 11 is 0. The molecular formula is C16H23N3O3. The number of carbonyl (C=O) groups is 2. The van der Waals surface area contributed by atoms with Gasteiger partial charge in [0.15, 0.2) is 0 Å². The second-order valence-corrected chi connectivity index (χ2v) is 5.30. The molecule has 0 saturated carbocycles. The van der Waals surface area contributed by atoms with Gasteiger partial charge in [0.25, 0.3) is 0 Å². The van der Waals surface area contributed by atoms with Crippen molar-refractivity contribution in [1.82, 2.24) is 5.32 Å². The molecule has 1 aromatic carbocycles. The van der Waals surface area contributed by atoms with Crippen LogP contribution in [0.2, 0.25) is 0 Å². The molecular weight excluding hydrogens is 282 g/mol. The number of anilines is 2. The Morgan fingerprint density at radius 3 is 2.73 bits per heavy atom. The van der Waals surface area contributed by atoms with E-state index in [1.807, 2.05) is 0 Å². The Kier molecular flexibility index (Phi) is 5.77. The number of piperidine rings is 1. The van der Waals surface area contributed by atoms with E-state index < -0.39 is 0 Å². The number of amides is 2. The molecule has 6 heteroatoms. The van der Waals surface area contributed by atoms with Crippen LogP contribution in [0.3, 0.4) is 0 Å². The zero-order valence-corrected chi connectivity index (χ0v) is 13.1. The van der Waals surface area contributed by atoms with Gasteiger partial charge in [-0.1, -0.05) is 13.3 Å². The van der Waals surface area contributed by atoms with Crippen LogP contribution in [0.1, 0.15) is 32.6 Å². The maximum absolute atomic E-state index is 12.3. The first-order chi connectivity index (χ1) is 10.6. The van der Waals surface area contributed by atoms with Gasteiger partial charge in [-0.15, -0.1) is 0 Å². The predicted octanol–water partition coefficient (Wildman–Crippen LogP) is 2.12. The van der Waals surface area contributed by atoms with Crippen molar-refractivity contribution in [3.05, 3.63) is 18.2 Å². The molecule has 1 saturated heterocycles. The highest BCUT2D eigenvalue weighted by atomic mass is 16.5. The van der Waals surface area contributed by atoms with Crippen molar-refractivity contribution >= 4 is 23.2 Å². The Bertz CT molecular complexity index is 539. The molecule has 0 bridgehead atoms. The summed E-state index contributed by atoms with van der Waals surface area (Å²) in [5.74, 6) is 0.442. The van der Waals surface area contributed by atoms with Gasteiger partial charge in [-0.3, -0.25) is 9.59 Å². The monoisotopic (exact) mass is 305 g/mol. The van der Waals surface area contributed by atoms with Gasteiger partial charge in [-0.2, -0.15) is 0 Å². The fourth-order valence-electron chi connectivity index (χ4n) is 2.40. The van der Waals surface area contributed by atoms with E-state index in [0.29, 0.717) is 23.5 Å². The minimum absolute atomic E-state index is 0.0834. The largest absolute Gasteiger partial charge is 0.497 e. The van der Waals surface area contributed by atoms with E-state index in [-0.39, 0.29) is 17.9 Å². The molecule has 0 radical (unpaired) electrons. The first-order valence-electron chi connectivity index (χ1n) is 7.66. The highest BCUT2D eigenvalue weighted by Crippen LogP contribution is 2.27. The van der Waals surface area contributed by atoms with Crippen LogP contribution < -0.4 is 20.7 Å². The lowest BCUT2D eigenvalue weighted by molar-refractivity contribution is -0.118. The van der Waals surface area contributed by atoms with Gasteiger partial charge in [0.05, 0.1) is 24.5 Å². The Morgan fingerprint density at radius 1 is 1.27 bits per heavy atom. The summed E-state index contributed by atoms with van der Waals surface area (Å²) in [6.45, 7) is 2.64. The molecule has 2 amide bonds. The first kappa shape index (κ1) is 16.3. The normalized spacial score (nSPS) is 17.6. The number of methoxy groups -OCH3 is 1. The first-order valence-corrected chi connectivity index (χ1v) is 7.66. The van der Waals surface area contributed by atoms with Crippen molar-refractivity contribution in [2.45, 2.75) is 38.6 Å². The third-order valence-electron chi connectivity index (χ3n) is 3.71. The van der Waals surface area contributed by atoms with Crippen LogP contribution in [0.15, 0.2) is 18.2 Å². The highest BCUT2D eigenvalue weighted by molar-refractivity contribution is 6.01. The standard InChI is InChI=1S/C16H23N3O3/c1-3-15(20)18-12-8-7-11(22-2)10-14(12)19-16(21)13-6-4-5-9-17-13/h7-8,10,13,17H,3-6,9H2,1-2H3,(H,18,20)(H,19,21)/t13-/m1/s1. The minimum Gasteiger partial charge on any atom is -0.497 e. The smallest absolute Gasteiger partial charge is 0.241 e. The molecule has 0 unspecified atom stereocenters. The van der Waals surface area contributed by atoms with E-state index in [0.717, 1.165) is 25.8 Å². The summed E-state index contributed by atoms with van der Waals surface area (Å²) in [7, 11) is 1.56. The lowest BCUT2D eigenvalue weighted by atomic mass is 10.0. The molecule has 22 heavy (non-hydrogen) atoms. The molecule has 0 aliphatic carbocycles. The number of hydrogen-bond donors (Lipinski definition) is 3. The average molecular weight is 305 g/mol. The minimum atomic E-state index is -0.185. The number of hydrogen-bond acceptors (Lipinski definition) is 4. The molecule has 2 rings (SSSR count). The molecule has 1 atom stereocenters. The molecule has 1 heterocycles. The SMILES string of the molecule is CCC(=O)Nc1ccc(OC)cc1NC(=O)[C@H]1CCCCN1. The maximum Gasteiger partial charge on any atom is 0.241 e. The van der Waals surface area contributed by atoms with Gasteiger partial charge in [0.1, 0.15) is 5.75 Å². The summed E-state index contributed by atoms with van der Waals surface area (Å²) in [6, 6.07) is 5.01. The van der Waals surface area contributed by atoms with Crippen molar-refractivity contribution in [1.29, 1.82) is 0 Å². The van der Waals surface area contributed by atoms with Crippen molar-refractivity contribution in [2.75, 3.05) is 24.3 Å². The summed E-state index contributed by atoms with van der Waals surface area (Å²) in [5, 5.41) is 8.89. The number of benzene rings is 1. The molecule has 3 N–H and O–H groups in total. The molecule has 6 nitrogen and oxygen atoms in total. The van der Waals surface area contributed by atoms with Gasteiger partial charge in [0, 0.05) is 12.5 Å². The molecule has 0 aromatic heterocycles. The lowest BCUT2D eigenvalue weighted by Gasteiger charge is -2.23. The molecule has 0 spiro atoms. The molecule has 1 fully saturated rings.